The molecule has 0 fully saturated rings. The van der Waals surface area contributed by atoms with E-state index in [1.165, 1.54) is 0 Å². The summed E-state index contributed by atoms with van der Waals surface area (Å²) < 4.78 is 22.1. The molecule has 3 aromatic carbocycles. The minimum Gasteiger partial charge on any atom is -0.496 e. The molecule has 3 aromatic rings. The van der Waals surface area contributed by atoms with E-state index >= 15 is 0 Å². The van der Waals surface area contributed by atoms with Crippen LogP contribution in [-0.4, -0.2) is 33.8 Å². The Morgan fingerprint density at radius 2 is 1.29 bits per heavy atom. The van der Waals surface area contributed by atoms with Crippen LogP contribution in [0.4, 0.5) is 0 Å². The lowest BCUT2D eigenvalue weighted by molar-refractivity contribution is -0.127. The quantitative estimate of drug-likeness (QED) is 0.533. The second-order valence-corrected chi connectivity index (χ2v) is 6.81. The van der Waals surface area contributed by atoms with Gasteiger partial charge in [-0.1, -0.05) is 60.7 Å². The number of carbonyl (C=O) groups is 1. The van der Waals surface area contributed by atoms with E-state index < -0.39 is 0 Å². The Bertz CT molecular complexity index is 936. The number of amides is 1. The van der Waals surface area contributed by atoms with E-state index in [-0.39, 0.29) is 25.2 Å². The number of hydrogen-bond donors (Lipinski definition) is 1. The Morgan fingerprint density at radius 3 is 1.81 bits per heavy atom. The van der Waals surface area contributed by atoms with Gasteiger partial charge in [0.2, 0.25) is 5.91 Å². The summed E-state index contributed by atoms with van der Waals surface area (Å²) in [6.07, 6.45) is -0.330. The summed E-state index contributed by atoms with van der Waals surface area (Å²) in [5, 5.41) is 2.88. The molecule has 0 radical (unpaired) electrons. The lowest BCUT2D eigenvalue weighted by atomic mass is 10.0. The van der Waals surface area contributed by atoms with E-state index in [4.69, 9.17) is 18.9 Å². The zero-order valence-corrected chi connectivity index (χ0v) is 18.0. The monoisotopic (exact) mass is 421 g/mol. The van der Waals surface area contributed by atoms with Crippen LogP contribution in [0, 0.1) is 0 Å². The number of rotatable bonds is 10. The summed E-state index contributed by atoms with van der Waals surface area (Å²) in [4.78, 5) is 12.5. The van der Waals surface area contributed by atoms with E-state index in [0.29, 0.717) is 17.2 Å². The maximum absolute atomic E-state index is 12.5. The minimum atomic E-state index is -0.330. The molecule has 0 aliphatic carbocycles. The van der Waals surface area contributed by atoms with Crippen molar-refractivity contribution in [1.82, 2.24) is 5.32 Å². The topological polar surface area (TPSA) is 66.0 Å². The number of benzene rings is 3. The predicted octanol–water partition coefficient (Wildman–Crippen LogP) is 4.13. The van der Waals surface area contributed by atoms with E-state index in [9.17, 15) is 4.79 Å². The molecule has 0 aliphatic rings. The molecular weight excluding hydrogens is 394 g/mol. The summed E-state index contributed by atoms with van der Waals surface area (Å²) in [5.41, 5.74) is 2.75. The average Bonchev–Trinajstić information content (AvgIpc) is 2.83. The molecule has 0 bridgehead atoms. The highest BCUT2D eigenvalue weighted by atomic mass is 16.5. The highest BCUT2D eigenvalue weighted by molar-refractivity contribution is 5.77. The first-order valence-electron chi connectivity index (χ1n) is 9.93. The molecule has 0 saturated carbocycles. The molecule has 0 unspecified atom stereocenters. The third-order valence-electron chi connectivity index (χ3n) is 4.85. The van der Waals surface area contributed by atoms with Gasteiger partial charge >= 0.3 is 0 Å². The first-order valence-corrected chi connectivity index (χ1v) is 9.93. The van der Waals surface area contributed by atoms with Crippen LogP contribution in [-0.2, 0) is 16.1 Å². The normalized spacial score (nSPS) is 10.6. The third kappa shape index (κ3) is 5.77. The van der Waals surface area contributed by atoms with Crippen LogP contribution >= 0.6 is 0 Å². The second kappa shape index (κ2) is 11.0. The first kappa shape index (κ1) is 22.2. The molecule has 0 atom stereocenters. The largest absolute Gasteiger partial charge is 0.496 e. The van der Waals surface area contributed by atoms with Crippen LogP contribution in [0.5, 0.6) is 17.2 Å². The maximum atomic E-state index is 12.5. The summed E-state index contributed by atoms with van der Waals surface area (Å²) in [5.74, 6) is 1.50. The van der Waals surface area contributed by atoms with Crippen LogP contribution in [0.15, 0.2) is 72.8 Å². The minimum absolute atomic E-state index is 0.0793. The predicted molar refractivity (Wildman–Crippen MR) is 119 cm³/mol. The molecule has 0 heterocycles. The van der Waals surface area contributed by atoms with Crippen LogP contribution in [0.3, 0.4) is 0 Å². The van der Waals surface area contributed by atoms with Gasteiger partial charge in [-0.15, -0.1) is 0 Å². The Labute approximate surface area is 182 Å². The van der Waals surface area contributed by atoms with E-state index in [1.54, 1.807) is 33.5 Å². The number of hydrogen-bond acceptors (Lipinski definition) is 5. The second-order valence-electron chi connectivity index (χ2n) is 6.81. The third-order valence-corrected chi connectivity index (χ3v) is 4.85. The van der Waals surface area contributed by atoms with Crippen LogP contribution in [0.2, 0.25) is 0 Å². The Morgan fingerprint density at radius 1 is 0.774 bits per heavy atom. The van der Waals surface area contributed by atoms with Gasteiger partial charge < -0.3 is 24.3 Å². The van der Waals surface area contributed by atoms with Gasteiger partial charge in [0.1, 0.15) is 18.5 Å². The first-order chi connectivity index (χ1) is 15.2. The Hall–Kier alpha value is -3.51. The number of methoxy groups -OCH3 is 3. The standard InChI is InChI=1S/C25H27NO5/c1-28-21-15-23(30-3)22(29-2)14-20(21)16-26-24(27)17-31-25(18-10-6-4-7-11-18)19-12-8-5-9-13-19/h4-15,25H,16-17H2,1-3H3,(H,26,27). The van der Waals surface area contributed by atoms with Crippen molar-refractivity contribution in [2.75, 3.05) is 27.9 Å². The zero-order chi connectivity index (χ0) is 22.1. The zero-order valence-electron chi connectivity index (χ0n) is 18.0. The molecule has 0 saturated heterocycles. The molecule has 6 heteroatoms. The number of nitrogens with one attached hydrogen (secondary N) is 1. The molecule has 0 aromatic heterocycles. The maximum Gasteiger partial charge on any atom is 0.246 e. The van der Waals surface area contributed by atoms with Crippen molar-refractivity contribution in [2.45, 2.75) is 12.6 Å². The Balaban J connectivity index is 1.66. The molecule has 6 nitrogen and oxygen atoms in total. The number of carbonyl (C=O) groups excluding carboxylic acids is 1. The van der Waals surface area contributed by atoms with Gasteiger partial charge in [-0.2, -0.15) is 0 Å². The van der Waals surface area contributed by atoms with Gasteiger partial charge in [0.25, 0.3) is 0 Å². The highest BCUT2D eigenvalue weighted by Gasteiger charge is 2.17. The fraction of sp³-hybridized carbons (Fsp3) is 0.240. The summed E-state index contributed by atoms with van der Waals surface area (Å²) in [6, 6.07) is 23.2. The van der Waals surface area contributed by atoms with Crippen molar-refractivity contribution < 1.29 is 23.7 Å². The molecular formula is C25H27NO5. The molecule has 3 rings (SSSR count). The smallest absolute Gasteiger partial charge is 0.246 e. The van der Waals surface area contributed by atoms with Crippen molar-refractivity contribution in [3.8, 4) is 17.2 Å². The Kier molecular flexibility index (Phi) is 7.90. The van der Waals surface area contributed by atoms with Gasteiger partial charge in [-0.3, -0.25) is 4.79 Å². The SMILES string of the molecule is COc1cc(OC)c(OC)cc1CNC(=O)COC(c1ccccc1)c1ccccc1. The van der Waals surface area contributed by atoms with Gasteiger partial charge in [0, 0.05) is 18.2 Å². The van der Waals surface area contributed by atoms with Crippen LogP contribution in [0.1, 0.15) is 22.8 Å². The molecule has 31 heavy (non-hydrogen) atoms. The van der Waals surface area contributed by atoms with Gasteiger partial charge in [-0.05, 0) is 17.2 Å². The summed E-state index contributed by atoms with van der Waals surface area (Å²) >= 11 is 0. The van der Waals surface area contributed by atoms with Crippen molar-refractivity contribution in [1.29, 1.82) is 0 Å². The molecule has 0 aliphatic heterocycles. The van der Waals surface area contributed by atoms with E-state index in [2.05, 4.69) is 5.32 Å². The molecule has 162 valence electrons. The van der Waals surface area contributed by atoms with Crippen molar-refractivity contribution >= 4 is 5.91 Å². The van der Waals surface area contributed by atoms with Crippen molar-refractivity contribution in [3.05, 3.63) is 89.5 Å². The lowest BCUT2D eigenvalue weighted by Crippen LogP contribution is -2.28. The van der Waals surface area contributed by atoms with Crippen LogP contribution < -0.4 is 19.5 Å². The van der Waals surface area contributed by atoms with Crippen molar-refractivity contribution in [3.63, 3.8) is 0 Å². The fourth-order valence-corrected chi connectivity index (χ4v) is 3.28. The molecule has 0 spiro atoms. The van der Waals surface area contributed by atoms with Gasteiger partial charge in [0.15, 0.2) is 11.5 Å². The lowest BCUT2D eigenvalue weighted by Gasteiger charge is -2.19. The van der Waals surface area contributed by atoms with E-state index in [0.717, 1.165) is 16.7 Å². The van der Waals surface area contributed by atoms with Gasteiger partial charge in [-0.25, -0.2) is 0 Å². The summed E-state index contributed by atoms with van der Waals surface area (Å²) in [6.45, 7) is 0.192. The molecule has 1 N–H and O–H groups in total. The van der Waals surface area contributed by atoms with Gasteiger partial charge in [0.05, 0.1) is 21.3 Å². The molecule has 1 amide bonds. The highest BCUT2D eigenvalue weighted by Crippen LogP contribution is 2.34. The average molecular weight is 421 g/mol. The van der Waals surface area contributed by atoms with E-state index in [1.807, 2.05) is 60.7 Å². The number of ether oxygens (including phenoxy) is 4. The van der Waals surface area contributed by atoms with Crippen LogP contribution in [0.25, 0.3) is 0 Å². The fourth-order valence-electron chi connectivity index (χ4n) is 3.28. The summed E-state index contributed by atoms with van der Waals surface area (Å²) in [7, 11) is 4.69. The van der Waals surface area contributed by atoms with Crippen molar-refractivity contribution in [2.24, 2.45) is 0 Å².